The molecule has 11 heavy (non-hydrogen) atoms. The fraction of sp³-hybridized carbons (Fsp3) is 0.833. The van der Waals surface area contributed by atoms with Gasteiger partial charge in [-0.25, -0.2) is 0 Å². The third kappa shape index (κ3) is 4.19. The lowest BCUT2D eigenvalue weighted by Gasteiger charge is -2.30. The fourth-order valence-corrected chi connectivity index (χ4v) is 0.814. The molecule has 4 nitrogen and oxygen atoms in total. The van der Waals surface area contributed by atoms with Gasteiger partial charge in [0.05, 0.1) is 27.7 Å². The van der Waals surface area contributed by atoms with Gasteiger partial charge in [-0.15, -0.1) is 0 Å². The van der Waals surface area contributed by atoms with E-state index in [4.69, 9.17) is 11.5 Å². The summed E-state index contributed by atoms with van der Waals surface area (Å²) in [5.74, 6) is -0.338. The predicted molar refractivity (Wildman–Crippen MR) is 40.1 cm³/mol. The van der Waals surface area contributed by atoms with Gasteiger partial charge in [0, 0.05) is 0 Å². The number of amides is 1. The quantitative estimate of drug-likeness (QED) is 0.431. The third-order valence-corrected chi connectivity index (χ3v) is 1.49. The maximum absolute atomic E-state index is 10.7. The molecule has 0 spiro atoms. The first-order valence-corrected chi connectivity index (χ1v) is 3.20. The number of hydrogen-bond acceptors (Lipinski definition) is 2. The predicted octanol–water partition coefficient (Wildman–Crippen LogP) is -4.49. The molecular formula is C6H16ClN3O. The minimum atomic E-state index is -0.338. The van der Waals surface area contributed by atoms with Gasteiger partial charge < -0.3 is 28.4 Å². The van der Waals surface area contributed by atoms with E-state index in [1.807, 2.05) is 21.1 Å². The molecule has 0 bridgehead atoms. The standard InChI is InChI=1S/C6H15N3O.ClH/c1-9(2,3)5(4-7)6(8)10;/h5H,4,7H2,1-3H3,(H-,8,10);1H. The Labute approximate surface area is 73.5 Å². The highest BCUT2D eigenvalue weighted by molar-refractivity contribution is 5.78. The Bertz CT molecular complexity index is 132. The van der Waals surface area contributed by atoms with Crippen molar-refractivity contribution in [1.82, 2.24) is 0 Å². The van der Waals surface area contributed by atoms with Crippen LogP contribution in [0.1, 0.15) is 0 Å². The molecule has 0 rings (SSSR count). The number of hydrogen-bond donors (Lipinski definition) is 2. The van der Waals surface area contributed by atoms with Crippen molar-refractivity contribution in [2.24, 2.45) is 11.5 Å². The summed E-state index contributed by atoms with van der Waals surface area (Å²) >= 11 is 0. The average Bonchev–Trinajstić information content (AvgIpc) is 1.60. The van der Waals surface area contributed by atoms with Crippen molar-refractivity contribution in [2.75, 3.05) is 27.7 Å². The van der Waals surface area contributed by atoms with Crippen LogP contribution >= 0.6 is 0 Å². The van der Waals surface area contributed by atoms with Crippen LogP contribution in [0.25, 0.3) is 0 Å². The molecule has 0 aliphatic carbocycles. The molecular weight excluding hydrogens is 166 g/mol. The molecule has 5 heteroatoms. The van der Waals surface area contributed by atoms with E-state index in [0.29, 0.717) is 11.0 Å². The molecule has 0 saturated heterocycles. The van der Waals surface area contributed by atoms with Gasteiger partial charge in [-0.2, -0.15) is 0 Å². The SMILES string of the molecule is C[N+](C)(C)C(CN)C(N)=O.[Cl-]. The van der Waals surface area contributed by atoms with E-state index in [2.05, 4.69) is 0 Å². The second-order valence-corrected chi connectivity index (χ2v) is 3.27. The van der Waals surface area contributed by atoms with Crippen molar-refractivity contribution in [1.29, 1.82) is 0 Å². The van der Waals surface area contributed by atoms with Crippen LogP contribution in [0.2, 0.25) is 0 Å². The highest BCUT2D eigenvalue weighted by Gasteiger charge is 2.27. The van der Waals surface area contributed by atoms with Gasteiger partial charge in [-0.1, -0.05) is 0 Å². The molecule has 68 valence electrons. The van der Waals surface area contributed by atoms with Crippen molar-refractivity contribution < 1.29 is 21.7 Å². The smallest absolute Gasteiger partial charge is 0.277 e. The number of nitrogens with two attached hydrogens (primary N) is 2. The van der Waals surface area contributed by atoms with Crippen LogP contribution in [-0.2, 0) is 4.79 Å². The summed E-state index contributed by atoms with van der Waals surface area (Å²) in [6, 6.07) is -0.278. The Kier molecular flexibility index (Phi) is 5.48. The minimum absolute atomic E-state index is 0. The molecule has 4 N–H and O–H groups in total. The zero-order valence-corrected chi connectivity index (χ0v) is 7.93. The van der Waals surface area contributed by atoms with Crippen molar-refractivity contribution in [2.45, 2.75) is 6.04 Å². The van der Waals surface area contributed by atoms with Gasteiger partial charge in [0.15, 0.2) is 6.04 Å². The Morgan fingerprint density at radius 2 is 1.82 bits per heavy atom. The molecule has 0 heterocycles. The van der Waals surface area contributed by atoms with Crippen LogP contribution in [0, 0.1) is 0 Å². The topological polar surface area (TPSA) is 69.1 Å². The Morgan fingerprint density at radius 3 is 1.82 bits per heavy atom. The molecule has 0 aliphatic heterocycles. The number of quaternary nitrogens is 1. The number of likely N-dealkylation sites (N-methyl/N-ethyl adjacent to an activating group) is 1. The number of nitrogens with zero attached hydrogens (tertiary/aromatic N) is 1. The Morgan fingerprint density at radius 1 is 1.45 bits per heavy atom. The molecule has 0 radical (unpaired) electrons. The summed E-state index contributed by atoms with van der Waals surface area (Å²) in [5.41, 5.74) is 10.4. The van der Waals surface area contributed by atoms with Gasteiger partial charge >= 0.3 is 0 Å². The third-order valence-electron chi connectivity index (χ3n) is 1.49. The average molecular weight is 182 g/mol. The van der Waals surface area contributed by atoms with E-state index < -0.39 is 0 Å². The first kappa shape index (κ1) is 13.3. The van der Waals surface area contributed by atoms with Crippen LogP contribution in [0.3, 0.4) is 0 Å². The molecule has 0 aromatic carbocycles. The second kappa shape index (κ2) is 4.54. The van der Waals surface area contributed by atoms with Gasteiger partial charge in [-0.3, -0.25) is 4.79 Å². The number of halogens is 1. The summed E-state index contributed by atoms with van der Waals surface area (Å²) < 4.78 is 0.492. The van der Waals surface area contributed by atoms with Crippen molar-refractivity contribution in [3.8, 4) is 0 Å². The first-order chi connectivity index (χ1) is 4.39. The molecule has 0 saturated carbocycles. The highest BCUT2D eigenvalue weighted by atomic mass is 35.5. The molecule has 0 aromatic rings. The Balaban J connectivity index is 0. The van der Waals surface area contributed by atoms with E-state index in [1.54, 1.807) is 0 Å². The van der Waals surface area contributed by atoms with E-state index in [0.717, 1.165) is 0 Å². The van der Waals surface area contributed by atoms with Crippen LogP contribution in [0.15, 0.2) is 0 Å². The van der Waals surface area contributed by atoms with E-state index in [1.165, 1.54) is 0 Å². The zero-order valence-electron chi connectivity index (χ0n) is 7.17. The van der Waals surface area contributed by atoms with Crippen LogP contribution in [-0.4, -0.2) is 44.1 Å². The molecule has 1 atom stereocenters. The largest absolute Gasteiger partial charge is 1.00 e. The van der Waals surface area contributed by atoms with E-state index >= 15 is 0 Å². The highest BCUT2D eigenvalue weighted by Crippen LogP contribution is 1.99. The van der Waals surface area contributed by atoms with Gasteiger partial charge in [0.25, 0.3) is 5.91 Å². The zero-order chi connectivity index (χ0) is 8.36. The van der Waals surface area contributed by atoms with Gasteiger partial charge in [0.2, 0.25) is 0 Å². The van der Waals surface area contributed by atoms with E-state index in [-0.39, 0.29) is 24.4 Å². The number of carbonyl (C=O) groups is 1. The molecule has 0 fully saturated rings. The van der Waals surface area contributed by atoms with Crippen molar-refractivity contribution in [3.05, 3.63) is 0 Å². The maximum atomic E-state index is 10.7. The lowest BCUT2D eigenvalue weighted by molar-refractivity contribution is -0.884. The summed E-state index contributed by atoms with van der Waals surface area (Å²) in [7, 11) is 5.67. The molecule has 0 aromatic heterocycles. The molecule has 0 aliphatic rings. The lowest BCUT2D eigenvalue weighted by Crippen LogP contribution is -3.00. The number of carbonyl (C=O) groups excluding carboxylic acids is 1. The van der Waals surface area contributed by atoms with Gasteiger partial charge in [-0.05, 0) is 0 Å². The number of rotatable bonds is 3. The first-order valence-electron chi connectivity index (χ1n) is 3.20. The normalized spacial score (nSPS) is 13.5. The monoisotopic (exact) mass is 181 g/mol. The van der Waals surface area contributed by atoms with E-state index in [9.17, 15) is 4.79 Å². The summed E-state index contributed by atoms with van der Waals surface area (Å²) in [6.45, 7) is 0.304. The van der Waals surface area contributed by atoms with Gasteiger partial charge in [0.1, 0.15) is 0 Å². The minimum Gasteiger partial charge on any atom is -1.00 e. The van der Waals surface area contributed by atoms with Crippen LogP contribution < -0.4 is 23.9 Å². The molecule has 1 unspecified atom stereocenters. The molecule has 1 amide bonds. The summed E-state index contributed by atoms with van der Waals surface area (Å²) in [5, 5.41) is 0. The fourth-order valence-electron chi connectivity index (χ4n) is 0.814. The summed E-state index contributed by atoms with van der Waals surface area (Å²) in [6.07, 6.45) is 0. The maximum Gasteiger partial charge on any atom is 0.277 e. The van der Waals surface area contributed by atoms with Crippen LogP contribution in [0.4, 0.5) is 0 Å². The summed E-state index contributed by atoms with van der Waals surface area (Å²) in [4.78, 5) is 10.7. The van der Waals surface area contributed by atoms with Crippen molar-refractivity contribution in [3.63, 3.8) is 0 Å². The Hall–Kier alpha value is -0.320. The lowest BCUT2D eigenvalue weighted by atomic mass is 10.2. The van der Waals surface area contributed by atoms with Crippen LogP contribution in [0.5, 0.6) is 0 Å². The second-order valence-electron chi connectivity index (χ2n) is 3.27. The van der Waals surface area contributed by atoms with Crippen molar-refractivity contribution >= 4 is 5.91 Å². The number of primary amides is 1.